The second-order valence-corrected chi connectivity index (χ2v) is 8.88. The van der Waals surface area contributed by atoms with Crippen molar-refractivity contribution in [2.45, 2.75) is 19.8 Å². The van der Waals surface area contributed by atoms with Crippen LogP contribution in [0.3, 0.4) is 0 Å². The van der Waals surface area contributed by atoms with Crippen molar-refractivity contribution in [3.63, 3.8) is 0 Å². The average Bonchev–Trinajstić information content (AvgIpc) is 2.83. The monoisotopic (exact) mass is 512 g/mol. The number of nitrogens with zero attached hydrogens (tertiary/aromatic N) is 4. The van der Waals surface area contributed by atoms with Crippen LogP contribution in [-0.2, 0) is 9.53 Å². The Hall–Kier alpha value is -3.04. The summed E-state index contributed by atoms with van der Waals surface area (Å²) in [6.45, 7) is 6.07. The Morgan fingerprint density at radius 2 is 2.00 bits per heavy atom. The zero-order valence-electron chi connectivity index (χ0n) is 18.5. The minimum Gasteiger partial charge on any atom is -0.483 e. The number of benzene rings is 2. The van der Waals surface area contributed by atoms with Crippen LogP contribution in [0.15, 0.2) is 56.8 Å². The molecule has 0 bridgehead atoms. The summed E-state index contributed by atoms with van der Waals surface area (Å²) < 4.78 is 13.2. The van der Waals surface area contributed by atoms with E-state index in [0.717, 1.165) is 4.47 Å². The van der Waals surface area contributed by atoms with Gasteiger partial charge in [0.05, 0.1) is 30.3 Å². The Balaban J connectivity index is 1.62. The van der Waals surface area contributed by atoms with Crippen LogP contribution in [0.2, 0.25) is 0 Å². The highest BCUT2D eigenvalue weighted by Crippen LogP contribution is 2.20. The van der Waals surface area contributed by atoms with Crippen LogP contribution in [0.5, 0.6) is 5.75 Å². The molecule has 2 aromatic carbocycles. The first-order valence-corrected chi connectivity index (χ1v) is 11.6. The molecule has 9 heteroatoms. The van der Waals surface area contributed by atoms with Gasteiger partial charge < -0.3 is 14.4 Å². The molecule has 172 valence electrons. The molecule has 0 N–H and O–H groups in total. The molecule has 33 heavy (non-hydrogen) atoms. The number of carbonyl (C=O) groups excluding carboxylic acids is 1. The van der Waals surface area contributed by atoms with Crippen molar-refractivity contribution in [3.8, 4) is 5.75 Å². The number of amides is 1. The fraction of sp³-hybridized carbons (Fsp3) is 0.333. The fourth-order valence-electron chi connectivity index (χ4n) is 3.53. The number of ether oxygens (including phenoxy) is 2. The summed E-state index contributed by atoms with van der Waals surface area (Å²) in [5.41, 5.74) is 1.04. The third-order valence-corrected chi connectivity index (χ3v) is 5.79. The van der Waals surface area contributed by atoms with Crippen molar-refractivity contribution in [1.82, 2.24) is 14.6 Å². The largest absolute Gasteiger partial charge is 0.483 e. The van der Waals surface area contributed by atoms with Gasteiger partial charge in [0.1, 0.15) is 11.6 Å². The highest BCUT2D eigenvalue weighted by molar-refractivity contribution is 9.10. The summed E-state index contributed by atoms with van der Waals surface area (Å²) in [6.07, 6.45) is 1.56. The van der Waals surface area contributed by atoms with Gasteiger partial charge in [0, 0.05) is 29.0 Å². The van der Waals surface area contributed by atoms with E-state index in [1.165, 1.54) is 4.68 Å². The van der Waals surface area contributed by atoms with Crippen molar-refractivity contribution < 1.29 is 14.3 Å². The first-order valence-electron chi connectivity index (χ1n) is 10.8. The second-order valence-electron chi connectivity index (χ2n) is 7.97. The molecule has 3 aromatic rings. The number of para-hydroxylation sites is 1. The lowest BCUT2D eigenvalue weighted by molar-refractivity contribution is -0.137. The van der Waals surface area contributed by atoms with Gasteiger partial charge in [-0.2, -0.15) is 9.78 Å². The van der Waals surface area contributed by atoms with Crippen LogP contribution in [0, 0.1) is 0 Å². The first kappa shape index (κ1) is 23.1. The molecule has 1 fully saturated rings. The predicted molar refractivity (Wildman–Crippen MR) is 130 cm³/mol. The van der Waals surface area contributed by atoms with Gasteiger partial charge in [-0.05, 0) is 30.3 Å². The third-order valence-electron chi connectivity index (χ3n) is 5.30. The quantitative estimate of drug-likeness (QED) is 0.472. The molecule has 0 atom stereocenters. The van der Waals surface area contributed by atoms with Gasteiger partial charge in [0.15, 0.2) is 6.61 Å². The molecule has 0 aliphatic carbocycles. The maximum Gasteiger partial charge on any atom is 0.282 e. The van der Waals surface area contributed by atoms with E-state index >= 15 is 0 Å². The van der Waals surface area contributed by atoms with Crippen LogP contribution in [-0.4, -0.2) is 59.6 Å². The van der Waals surface area contributed by atoms with Gasteiger partial charge in [-0.1, -0.05) is 41.9 Å². The van der Waals surface area contributed by atoms with Gasteiger partial charge in [0.25, 0.3) is 11.5 Å². The number of carbonyl (C=O) groups is 1. The van der Waals surface area contributed by atoms with Gasteiger partial charge >= 0.3 is 0 Å². The number of morpholine rings is 1. The van der Waals surface area contributed by atoms with Crippen LogP contribution in [0.4, 0.5) is 0 Å². The lowest BCUT2D eigenvalue weighted by Crippen LogP contribution is -2.43. The van der Waals surface area contributed by atoms with E-state index in [1.807, 2.05) is 44.2 Å². The molecular formula is C24H25BrN4O4. The smallest absolute Gasteiger partial charge is 0.282 e. The maximum absolute atomic E-state index is 13.2. The minimum atomic E-state index is -0.248. The first-order chi connectivity index (χ1) is 15.9. The van der Waals surface area contributed by atoms with E-state index in [9.17, 15) is 9.59 Å². The fourth-order valence-corrected chi connectivity index (χ4v) is 3.89. The minimum absolute atomic E-state index is 0.0134. The van der Waals surface area contributed by atoms with Crippen LogP contribution < -0.4 is 10.3 Å². The summed E-state index contributed by atoms with van der Waals surface area (Å²) in [6, 6.07) is 12.7. The number of hydrogen-bond donors (Lipinski definition) is 0. The molecule has 1 amide bonds. The van der Waals surface area contributed by atoms with Crippen LogP contribution in [0.25, 0.3) is 10.9 Å². The Morgan fingerprint density at radius 3 is 2.76 bits per heavy atom. The molecule has 4 rings (SSSR count). The molecular weight excluding hydrogens is 488 g/mol. The molecule has 1 aliphatic rings. The molecule has 0 unspecified atom stereocenters. The van der Waals surface area contributed by atoms with E-state index in [2.05, 4.69) is 26.0 Å². The zero-order valence-corrected chi connectivity index (χ0v) is 20.1. The lowest BCUT2D eigenvalue weighted by atomic mass is 10.2. The average molecular weight is 513 g/mol. The normalized spacial score (nSPS) is 14.4. The summed E-state index contributed by atoms with van der Waals surface area (Å²) >= 11 is 3.41. The maximum atomic E-state index is 13.2. The summed E-state index contributed by atoms with van der Waals surface area (Å²) in [4.78, 5) is 32.0. The Kier molecular flexibility index (Phi) is 7.20. The van der Waals surface area contributed by atoms with Crippen LogP contribution in [0.1, 0.15) is 31.2 Å². The molecule has 0 saturated carbocycles. The Morgan fingerprint density at radius 1 is 1.24 bits per heavy atom. The van der Waals surface area contributed by atoms with E-state index in [-0.39, 0.29) is 24.0 Å². The Labute approximate surface area is 200 Å². The molecule has 1 saturated heterocycles. The Bertz CT molecular complexity index is 1250. The molecule has 0 radical (unpaired) electrons. The van der Waals surface area contributed by atoms with Crippen molar-refractivity contribution in [2.24, 2.45) is 5.10 Å². The SMILES string of the molecule is CC(C)c1nc2ccc(Br)cc2c(=O)n1N=Cc1ccccc1OCC(=O)N1CCOCC1. The number of halogens is 1. The zero-order chi connectivity index (χ0) is 23.4. The van der Waals surface area contributed by atoms with Gasteiger partial charge in [0.2, 0.25) is 0 Å². The van der Waals surface area contributed by atoms with E-state index < -0.39 is 0 Å². The summed E-state index contributed by atoms with van der Waals surface area (Å²) in [5.74, 6) is 0.971. The van der Waals surface area contributed by atoms with E-state index in [0.29, 0.717) is 54.3 Å². The second kappa shape index (κ2) is 10.3. The highest BCUT2D eigenvalue weighted by atomic mass is 79.9. The van der Waals surface area contributed by atoms with Crippen molar-refractivity contribution >= 4 is 39.0 Å². The molecule has 2 heterocycles. The predicted octanol–water partition coefficient (Wildman–Crippen LogP) is 3.40. The van der Waals surface area contributed by atoms with Gasteiger partial charge in [-0.3, -0.25) is 9.59 Å². The van der Waals surface area contributed by atoms with Crippen molar-refractivity contribution in [3.05, 3.63) is 68.7 Å². The number of aromatic nitrogens is 2. The molecule has 0 spiro atoms. The molecule has 1 aromatic heterocycles. The number of rotatable bonds is 6. The summed E-state index contributed by atoms with van der Waals surface area (Å²) in [5, 5.41) is 4.94. The standard InChI is InChI=1S/C24H25BrN4O4/c1-16(2)23-27-20-8-7-18(25)13-19(20)24(31)29(23)26-14-17-5-3-4-6-21(17)33-15-22(30)28-9-11-32-12-10-28/h3-8,13-14,16H,9-12,15H2,1-2H3. The highest BCUT2D eigenvalue weighted by Gasteiger charge is 2.18. The van der Waals surface area contributed by atoms with Gasteiger partial charge in [-0.15, -0.1) is 0 Å². The summed E-state index contributed by atoms with van der Waals surface area (Å²) in [7, 11) is 0. The third kappa shape index (κ3) is 5.31. The topological polar surface area (TPSA) is 86.0 Å². The number of hydrogen-bond acceptors (Lipinski definition) is 6. The lowest BCUT2D eigenvalue weighted by Gasteiger charge is -2.26. The van der Waals surface area contributed by atoms with Crippen molar-refractivity contribution in [1.29, 1.82) is 0 Å². The van der Waals surface area contributed by atoms with E-state index in [4.69, 9.17) is 9.47 Å². The van der Waals surface area contributed by atoms with Crippen LogP contribution >= 0.6 is 15.9 Å². The van der Waals surface area contributed by atoms with E-state index in [1.54, 1.807) is 23.2 Å². The molecule has 1 aliphatic heterocycles. The molecule has 8 nitrogen and oxygen atoms in total. The number of fused-ring (bicyclic) bond motifs is 1. The van der Waals surface area contributed by atoms with Gasteiger partial charge in [-0.25, -0.2) is 4.98 Å². The van der Waals surface area contributed by atoms with Crippen molar-refractivity contribution in [2.75, 3.05) is 32.9 Å².